The quantitative estimate of drug-likeness (QED) is 0.790. The summed E-state index contributed by atoms with van der Waals surface area (Å²) in [6, 6.07) is 8.42. The second-order valence-electron chi connectivity index (χ2n) is 4.47. The van der Waals surface area contributed by atoms with Gasteiger partial charge >= 0.3 is 49.7 Å². The summed E-state index contributed by atoms with van der Waals surface area (Å²) in [4.78, 5) is 20.9. The van der Waals surface area contributed by atoms with Crippen LogP contribution in [0.3, 0.4) is 0 Å². The second-order valence-corrected chi connectivity index (χ2v) is 4.47. The summed E-state index contributed by atoms with van der Waals surface area (Å²) < 4.78 is 0. The van der Waals surface area contributed by atoms with E-state index in [1.54, 1.807) is 0 Å². The fourth-order valence-corrected chi connectivity index (χ4v) is 1.69. The van der Waals surface area contributed by atoms with E-state index in [0.29, 0.717) is 11.1 Å². The number of carbonyl (C=O) groups is 2. The molecular weight excluding hydrogens is 328 g/mol. The Morgan fingerprint density at radius 2 is 1.09 bits per heavy atom. The van der Waals surface area contributed by atoms with Crippen LogP contribution in [0.4, 0.5) is 0 Å². The molecule has 7 heteroatoms. The first-order chi connectivity index (χ1) is 10.3. The SMILES string of the molecule is Cc1c([O-])cccc1C(=O)O.Cc1c([O-])cccc1C(=O)O.[Ca+2]. The van der Waals surface area contributed by atoms with Crippen molar-refractivity contribution in [3.05, 3.63) is 58.7 Å². The Labute approximate surface area is 163 Å². The van der Waals surface area contributed by atoms with E-state index in [0.717, 1.165) is 0 Å². The molecule has 0 radical (unpaired) electrons. The van der Waals surface area contributed by atoms with Crippen LogP contribution in [0.1, 0.15) is 31.8 Å². The first-order valence-electron chi connectivity index (χ1n) is 6.25. The molecule has 0 heterocycles. The van der Waals surface area contributed by atoms with Gasteiger partial charge in [-0.3, -0.25) is 0 Å². The molecule has 116 valence electrons. The molecule has 23 heavy (non-hydrogen) atoms. The van der Waals surface area contributed by atoms with Crippen LogP contribution >= 0.6 is 0 Å². The van der Waals surface area contributed by atoms with E-state index in [-0.39, 0.29) is 60.4 Å². The monoisotopic (exact) mass is 342 g/mol. The van der Waals surface area contributed by atoms with E-state index < -0.39 is 11.9 Å². The predicted octanol–water partition coefficient (Wildman–Crippen LogP) is 1.15. The zero-order valence-corrected chi connectivity index (χ0v) is 14.9. The number of hydrogen-bond acceptors (Lipinski definition) is 4. The molecule has 0 aliphatic rings. The normalized spacial score (nSPS) is 9.13. The van der Waals surface area contributed by atoms with Crippen molar-refractivity contribution in [2.45, 2.75) is 13.8 Å². The van der Waals surface area contributed by atoms with Gasteiger partial charge in [0.15, 0.2) is 0 Å². The molecule has 2 aromatic rings. The largest absolute Gasteiger partial charge is 2.00 e. The number of carboxylic acid groups (broad SMARTS) is 2. The van der Waals surface area contributed by atoms with Crippen molar-refractivity contribution in [2.75, 3.05) is 0 Å². The third kappa shape index (κ3) is 5.74. The van der Waals surface area contributed by atoms with Gasteiger partial charge in [0.25, 0.3) is 0 Å². The Balaban J connectivity index is 0.000000403. The van der Waals surface area contributed by atoms with Crippen LogP contribution in [0.15, 0.2) is 36.4 Å². The Morgan fingerprint density at radius 1 is 0.783 bits per heavy atom. The van der Waals surface area contributed by atoms with Gasteiger partial charge in [0, 0.05) is 0 Å². The maximum Gasteiger partial charge on any atom is 2.00 e. The minimum absolute atomic E-state index is 0. The van der Waals surface area contributed by atoms with Crippen LogP contribution in [0, 0.1) is 13.8 Å². The van der Waals surface area contributed by atoms with Crippen molar-refractivity contribution < 1.29 is 30.0 Å². The summed E-state index contributed by atoms with van der Waals surface area (Å²) in [5.41, 5.74) is 0.745. The van der Waals surface area contributed by atoms with Crippen molar-refractivity contribution in [3.63, 3.8) is 0 Å². The van der Waals surface area contributed by atoms with E-state index in [9.17, 15) is 19.8 Å². The molecule has 2 aromatic carbocycles. The molecular formula is C16H14CaO6. The van der Waals surface area contributed by atoms with Gasteiger partial charge in [-0.25, -0.2) is 9.59 Å². The summed E-state index contributed by atoms with van der Waals surface area (Å²) in [6.07, 6.45) is 0. The summed E-state index contributed by atoms with van der Waals surface area (Å²) in [5, 5.41) is 38.9. The van der Waals surface area contributed by atoms with Crippen LogP contribution in [-0.4, -0.2) is 59.9 Å². The summed E-state index contributed by atoms with van der Waals surface area (Å²) in [5.74, 6) is -2.57. The molecule has 0 spiro atoms. The maximum atomic E-state index is 10.9. The molecule has 0 amide bonds. The standard InChI is InChI=1S/2C8H8O3.Ca/c2*1-5-6(8(10)11)3-2-4-7(5)9;/h2*2-4,9H,1H3,(H,10,11);/q;;+2/p-2. The molecule has 2 rings (SSSR count). The van der Waals surface area contributed by atoms with Crippen molar-refractivity contribution in [3.8, 4) is 11.5 Å². The topological polar surface area (TPSA) is 121 Å². The zero-order chi connectivity index (χ0) is 16.9. The van der Waals surface area contributed by atoms with Gasteiger partial charge in [0.05, 0.1) is 11.1 Å². The smallest absolute Gasteiger partial charge is 0.872 e. The molecule has 0 aromatic heterocycles. The number of aromatic carboxylic acids is 2. The van der Waals surface area contributed by atoms with E-state index >= 15 is 0 Å². The minimum atomic E-state index is -1.06. The van der Waals surface area contributed by atoms with E-state index in [4.69, 9.17) is 10.2 Å². The third-order valence-electron chi connectivity index (χ3n) is 3.03. The molecule has 6 nitrogen and oxygen atoms in total. The van der Waals surface area contributed by atoms with Crippen LogP contribution < -0.4 is 10.2 Å². The number of benzene rings is 2. The summed E-state index contributed by atoms with van der Waals surface area (Å²) >= 11 is 0. The molecule has 0 fully saturated rings. The molecule has 0 aliphatic heterocycles. The molecule has 2 N–H and O–H groups in total. The van der Waals surface area contributed by atoms with Gasteiger partial charge in [-0.05, 0) is 37.1 Å². The molecule has 0 bridgehead atoms. The van der Waals surface area contributed by atoms with Gasteiger partial charge in [0.1, 0.15) is 0 Å². The van der Waals surface area contributed by atoms with E-state index in [2.05, 4.69) is 0 Å². The van der Waals surface area contributed by atoms with Crippen LogP contribution in [-0.2, 0) is 0 Å². The second kappa shape index (κ2) is 9.39. The first-order valence-corrected chi connectivity index (χ1v) is 6.25. The summed E-state index contributed by atoms with van der Waals surface area (Å²) in [6.45, 7) is 3.01. The number of hydrogen-bond donors (Lipinski definition) is 2. The Bertz CT molecular complexity index is 650. The van der Waals surface area contributed by atoms with Gasteiger partial charge in [0.2, 0.25) is 0 Å². The molecule has 0 atom stereocenters. The first kappa shape index (κ1) is 21.2. The fraction of sp³-hybridized carbons (Fsp3) is 0.125. The Morgan fingerprint density at radius 3 is 1.30 bits per heavy atom. The Kier molecular flexibility index (Phi) is 8.68. The molecule has 0 aliphatic carbocycles. The molecule has 0 saturated carbocycles. The van der Waals surface area contributed by atoms with Gasteiger partial charge in [-0.2, -0.15) is 0 Å². The summed E-state index contributed by atoms with van der Waals surface area (Å²) in [7, 11) is 0. The molecule has 0 unspecified atom stereocenters. The number of rotatable bonds is 2. The van der Waals surface area contributed by atoms with Crippen molar-refractivity contribution in [2.24, 2.45) is 0 Å². The van der Waals surface area contributed by atoms with Crippen LogP contribution in [0.25, 0.3) is 0 Å². The van der Waals surface area contributed by atoms with Crippen molar-refractivity contribution >= 4 is 49.7 Å². The molecule has 0 saturated heterocycles. The van der Waals surface area contributed by atoms with Gasteiger partial charge in [-0.15, -0.1) is 11.5 Å². The maximum absolute atomic E-state index is 10.9. The third-order valence-corrected chi connectivity index (χ3v) is 3.03. The van der Waals surface area contributed by atoms with E-state index in [1.807, 2.05) is 0 Å². The minimum Gasteiger partial charge on any atom is -0.872 e. The van der Waals surface area contributed by atoms with Crippen molar-refractivity contribution in [1.29, 1.82) is 0 Å². The number of carboxylic acids is 2. The van der Waals surface area contributed by atoms with Gasteiger partial charge in [-0.1, -0.05) is 24.3 Å². The van der Waals surface area contributed by atoms with E-state index in [1.165, 1.54) is 50.2 Å². The predicted molar refractivity (Wildman–Crippen MR) is 80.9 cm³/mol. The average molecular weight is 342 g/mol. The Hall–Kier alpha value is -1.76. The van der Waals surface area contributed by atoms with Crippen LogP contribution in [0.5, 0.6) is 11.5 Å². The van der Waals surface area contributed by atoms with Crippen molar-refractivity contribution in [1.82, 2.24) is 0 Å². The van der Waals surface area contributed by atoms with Crippen LogP contribution in [0.2, 0.25) is 0 Å². The fourth-order valence-electron chi connectivity index (χ4n) is 1.69. The average Bonchev–Trinajstić information content (AvgIpc) is 2.45. The van der Waals surface area contributed by atoms with Gasteiger partial charge < -0.3 is 20.4 Å². The zero-order valence-electron chi connectivity index (χ0n) is 12.7.